The van der Waals surface area contributed by atoms with Crippen LogP contribution in [0.25, 0.3) is 0 Å². The van der Waals surface area contributed by atoms with Gasteiger partial charge in [-0.25, -0.2) is 4.79 Å². The predicted molar refractivity (Wildman–Crippen MR) is 58.8 cm³/mol. The molecule has 0 saturated heterocycles. The Balaban J connectivity index is 3.65. The zero-order valence-corrected chi connectivity index (χ0v) is 10.0. The molecule has 1 aromatic rings. The summed E-state index contributed by atoms with van der Waals surface area (Å²) in [5, 5.41) is 19.4. The van der Waals surface area contributed by atoms with Gasteiger partial charge in [0.2, 0.25) is 0 Å². The Morgan fingerprint density at radius 3 is 2.50 bits per heavy atom. The third-order valence-corrected chi connectivity index (χ3v) is 2.25. The van der Waals surface area contributed by atoms with E-state index < -0.39 is 39.4 Å². The lowest BCUT2D eigenvalue weighted by Crippen LogP contribution is -2.15. The topological polar surface area (TPSA) is 93.2 Å². The molecule has 1 rings (SSSR count). The number of nitriles is 1. The molecule has 0 unspecified atom stereocenters. The minimum atomic E-state index is -5.00. The molecule has 0 bridgehead atoms. The van der Waals surface area contributed by atoms with Gasteiger partial charge in [0.05, 0.1) is 28.2 Å². The Morgan fingerprint density at radius 1 is 1.50 bits per heavy atom. The summed E-state index contributed by atoms with van der Waals surface area (Å²) in [5.41, 5.74) is -4.27. The van der Waals surface area contributed by atoms with Crippen LogP contribution in [0.5, 0.6) is 0 Å². The van der Waals surface area contributed by atoms with Crippen molar-refractivity contribution in [3.05, 3.63) is 38.9 Å². The van der Waals surface area contributed by atoms with E-state index in [0.717, 1.165) is 0 Å². The summed E-state index contributed by atoms with van der Waals surface area (Å²) in [6.45, 7) is 1.26. The molecule has 0 amide bonds. The fraction of sp³-hybridized carbons (Fsp3) is 0.273. The van der Waals surface area contributed by atoms with Gasteiger partial charge >= 0.3 is 12.1 Å². The van der Waals surface area contributed by atoms with Crippen molar-refractivity contribution in [1.82, 2.24) is 0 Å². The van der Waals surface area contributed by atoms with E-state index in [9.17, 15) is 28.1 Å². The number of nitro groups is 1. The number of carbonyl (C=O) groups is 1. The number of carbonyl (C=O) groups excluding carboxylic acids is 1. The minimum Gasteiger partial charge on any atom is -0.462 e. The third-order valence-electron chi connectivity index (χ3n) is 2.25. The van der Waals surface area contributed by atoms with Crippen LogP contribution in [0.15, 0.2) is 12.1 Å². The van der Waals surface area contributed by atoms with Crippen LogP contribution < -0.4 is 0 Å². The van der Waals surface area contributed by atoms with E-state index in [1.54, 1.807) is 0 Å². The standard InChI is InChI=1S/C11H7F3N2O4/c1-2-20-10(17)7-3-6(16(18)19)4-9(8(7)5-15)11(12,13)14/h3-4H,2H2,1H3. The highest BCUT2D eigenvalue weighted by Crippen LogP contribution is 2.36. The average molecular weight is 288 g/mol. The first-order chi connectivity index (χ1) is 9.22. The van der Waals surface area contributed by atoms with E-state index in [1.807, 2.05) is 0 Å². The second-order valence-corrected chi connectivity index (χ2v) is 3.50. The molecule has 0 aliphatic carbocycles. The summed E-state index contributed by atoms with van der Waals surface area (Å²) in [7, 11) is 0. The number of halogens is 3. The smallest absolute Gasteiger partial charge is 0.417 e. The lowest BCUT2D eigenvalue weighted by atomic mass is 10.0. The molecule has 0 atom stereocenters. The maximum atomic E-state index is 12.8. The summed E-state index contributed by atoms with van der Waals surface area (Å²) in [5.74, 6) is -1.22. The summed E-state index contributed by atoms with van der Waals surface area (Å²) >= 11 is 0. The number of non-ortho nitro benzene ring substituents is 1. The number of nitrogens with zero attached hydrogens (tertiary/aromatic N) is 2. The number of nitro benzene ring substituents is 1. The first-order valence-corrected chi connectivity index (χ1v) is 5.19. The molecule has 1 aromatic carbocycles. The number of rotatable bonds is 3. The van der Waals surface area contributed by atoms with Crippen LogP contribution in [0.3, 0.4) is 0 Å². The molecule has 6 nitrogen and oxygen atoms in total. The van der Waals surface area contributed by atoms with Gasteiger partial charge in [-0.15, -0.1) is 0 Å². The zero-order valence-electron chi connectivity index (χ0n) is 10.0. The fourth-order valence-corrected chi connectivity index (χ4v) is 1.45. The predicted octanol–water partition coefficient (Wildman–Crippen LogP) is 2.66. The van der Waals surface area contributed by atoms with Gasteiger partial charge in [-0.3, -0.25) is 10.1 Å². The maximum Gasteiger partial charge on any atom is 0.417 e. The van der Waals surface area contributed by atoms with Crippen molar-refractivity contribution in [2.75, 3.05) is 6.61 Å². The quantitative estimate of drug-likeness (QED) is 0.484. The van der Waals surface area contributed by atoms with Gasteiger partial charge in [0.15, 0.2) is 0 Å². The first kappa shape index (κ1) is 15.4. The fourth-order valence-electron chi connectivity index (χ4n) is 1.45. The molecule has 106 valence electrons. The number of hydrogen-bond donors (Lipinski definition) is 0. The Bertz CT molecular complexity index is 605. The summed E-state index contributed by atoms with van der Waals surface area (Å²) < 4.78 is 42.8. The van der Waals surface area contributed by atoms with Gasteiger partial charge in [-0.05, 0) is 6.92 Å². The SMILES string of the molecule is CCOC(=O)c1cc([N+](=O)[O-])cc(C(F)(F)F)c1C#N. The van der Waals surface area contributed by atoms with Crippen molar-refractivity contribution in [2.45, 2.75) is 13.1 Å². The Kier molecular flexibility index (Phi) is 4.29. The molecule has 0 heterocycles. The van der Waals surface area contributed by atoms with Crippen LogP contribution in [0.2, 0.25) is 0 Å². The van der Waals surface area contributed by atoms with E-state index in [0.29, 0.717) is 6.07 Å². The third kappa shape index (κ3) is 3.03. The molecule has 20 heavy (non-hydrogen) atoms. The highest BCUT2D eigenvalue weighted by Gasteiger charge is 2.38. The second-order valence-electron chi connectivity index (χ2n) is 3.50. The van der Waals surface area contributed by atoms with Gasteiger partial charge in [-0.2, -0.15) is 18.4 Å². The molecule has 0 saturated carbocycles. The monoisotopic (exact) mass is 288 g/mol. The highest BCUT2D eigenvalue weighted by atomic mass is 19.4. The zero-order chi connectivity index (χ0) is 15.5. The summed E-state index contributed by atoms with van der Waals surface area (Å²) in [6, 6.07) is 2.03. The van der Waals surface area contributed by atoms with Crippen molar-refractivity contribution in [1.29, 1.82) is 5.26 Å². The van der Waals surface area contributed by atoms with Crippen LogP contribution in [-0.4, -0.2) is 17.5 Å². The van der Waals surface area contributed by atoms with Gasteiger partial charge in [0.25, 0.3) is 5.69 Å². The Labute approximate surface area is 110 Å². The molecular formula is C11H7F3N2O4. The molecule has 0 aliphatic heterocycles. The van der Waals surface area contributed by atoms with E-state index in [4.69, 9.17) is 5.26 Å². The number of alkyl halides is 3. The van der Waals surface area contributed by atoms with Crippen LogP contribution in [0, 0.1) is 21.4 Å². The lowest BCUT2D eigenvalue weighted by Gasteiger charge is -2.11. The minimum absolute atomic E-state index is 0.145. The molecule has 0 N–H and O–H groups in total. The van der Waals surface area contributed by atoms with Crippen molar-refractivity contribution in [3.63, 3.8) is 0 Å². The van der Waals surface area contributed by atoms with Crippen molar-refractivity contribution in [3.8, 4) is 6.07 Å². The molecule has 0 spiro atoms. The average Bonchev–Trinajstić information content (AvgIpc) is 2.36. The molecule has 0 aromatic heterocycles. The summed E-state index contributed by atoms with van der Waals surface area (Å²) in [4.78, 5) is 21.0. The number of ether oxygens (including phenoxy) is 1. The van der Waals surface area contributed by atoms with Crippen LogP contribution >= 0.6 is 0 Å². The molecular weight excluding hydrogens is 281 g/mol. The lowest BCUT2D eigenvalue weighted by molar-refractivity contribution is -0.385. The van der Waals surface area contributed by atoms with Gasteiger partial charge in [-0.1, -0.05) is 0 Å². The van der Waals surface area contributed by atoms with Crippen LogP contribution in [-0.2, 0) is 10.9 Å². The largest absolute Gasteiger partial charge is 0.462 e. The molecule has 0 fully saturated rings. The number of benzene rings is 1. The highest BCUT2D eigenvalue weighted by molar-refractivity contribution is 5.93. The normalized spacial score (nSPS) is 10.8. The summed E-state index contributed by atoms with van der Waals surface area (Å²) in [6.07, 6.45) is -5.00. The van der Waals surface area contributed by atoms with Crippen molar-refractivity contribution >= 4 is 11.7 Å². The van der Waals surface area contributed by atoms with E-state index >= 15 is 0 Å². The maximum absolute atomic E-state index is 12.8. The molecule has 0 aliphatic rings. The number of esters is 1. The Hall–Kier alpha value is -2.63. The van der Waals surface area contributed by atoms with Gasteiger partial charge < -0.3 is 4.74 Å². The number of hydrogen-bond acceptors (Lipinski definition) is 5. The second kappa shape index (κ2) is 5.56. The molecule has 0 radical (unpaired) electrons. The van der Waals surface area contributed by atoms with Crippen molar-refractivity contribution in [2.24, 2.45) is 0 Å². The first-order valence-electron chi connectivity index (χ1n) is 5.19. The Morgan fingerprint density at radius 2 is 2.10 bits per heavy atom. The van der Waals surface area contributed by atoms with Crippen LogP contribution in [0.4, 0.5) is 18.9 Å². The van der Waals surface area contributed by atoms with E-state index in [1.165, 1.54) is 13.0 Å². The van der Waals surface area contributed by atoms with Crippen LogP contribution in [0.1, 0.15) is 28.4 Å². The van der Waals surface area contributed by atoms with Crippen molar-refractivity contribution < 1.29 is 27.6 Å². The van der Waals surface area contributed by atoms with Gasteiger partial charge in [0, 0.05) is 12.1 Å². The van der Waals surface area contributed by atoms with E-state index in [2.05, 4.69) is 4.74 Å². The van der Waals surface area contributed by atoms with Gasteiger partial charge in [0.1, 0.15) is 6.07 Å². The van der Waals surface area contributed by atoms with E-state index in [-0.39, 0.29) is 12.7 Å². The molecule has 9 heteroatoms.